The molecule has 0 aliphatic heterocycles. The summed E-state index contributed by atoms with van der Waals surface area (Å²) in [6.07, 6.45) is 1.61. The van der Waals surface area contributed by atoms with Gasteiger partial charge in [-0.05, 0) is 69.3 Å². The molecule has 1 amide bonds. The summed E-state index contributed by atoms with van der Waals surface area (Å²) in [6.45, 7) is 6.49. The number of amides is 1. The molecule has 0 unspecified atom stereocenters. The van der Waals surface area contributed by atoms with Gasteiger partial charge in [-0.2, -0.15) is 0 Å². The van der Waals surface area contributed by atoms with Crippen molar-refractivity contribution in [2.45, 2.75) is 26.9 Å². The molecule has 6 heteroatoms. The maximum absolute atomic E-state index is 12.4. The topological polar surface area (TPSA) is 72.5 Å². The van der Waals surface area contributed by atoms with Gasteiger partial charge in [-0.1, -0.05) is 12.1 Å². The predicted octanol–water partition coefficient (Wildman–Crippen LogP) is 5.26. The van der Waals surface area contributed by atoms with Crippen molar-refractivity contribution in [2.24, 2.45) is 0 Å². The van der Waals surface area contributed by atoms with Crippen molar-refractivity contribution in [2.75, 3.05) is 17.2 Å². The van der Waals surface area contributed by atoms with Gasteiger partial charge in [0.25, 0.3) is 5.91 Å². The lowest BCUT2D eigenvalue weighted by atomic mass is 10.2. The minimum Gasteiger partial charge on any atom is -0.494 e. The smallest absolute Gasteiger partial charge is 0.257 e. The van der Waals surface area contributed by atoms with E-state index in [1.54, 1.807) is 24.3 Å². The average Bonchev–Trinajstić information content (AvgIpc) is 2.71. The van der Waals surface area contributed by atoms with Crippen LogP contribution in [0.15, 0.2) is 66.9 Å². The van der Waals surface area contributed by atoms with Crippen LogP contribution < -0.4 is 20.1 Å². The minimum atomic E-state index is -0.225. The van der Waals surface area contributed by atoms with E-state index in [1.807, 2.05) is 57.2 Å². The second-order valence-corrected chi connectivity index (χ2v) is 6.63. The number of anilines is 3. The van der Waals surface area contributed by atoms with Crippen molar-refractivity contribution in [3.05, 3.63) is 72.4 Å². The molecule has 0 saturated carbocycles. The molecule has 1 heterocycles. The SMILES string of the molecule is CCOc1ccc(NC(=O)c2ccc(Nc3ccccc3OC(C)C)nc2)cc1. The minimum absolute atomic E-state index is 0.0691. The van der Waals surface area contributed by atoms with Crippen LogP contribution in [-0.4, -0.2) is 23.6 Å². The lowest BCUT2D eigenvalue weighted by molar-refractivity contribution is 0.102. The standard InChI is InChI=1S/C23H25N3O3/c1-4-28-19-12-10-18(11-13-19)25-23(27)17-9-14-22(24-15-17)26-20-7-5-6-8-21(20)29-16(2)3/h5-16H,4H2,1-3H3,(H,24,26)(H,25,27). The molecule has 0 aliphatic rings. The zero-order valence-electron chi connectivity index (χ0n) is 16.8. The van der Waals surface area contributed by atoms with Gasteiger partial charge in [-0.3, -0.25) is 4.79 Å². The zero-order chi connectivity index (χ0) is 20.6. The number of hydrogen-bond acceptors (Lipinski definition) is 5. The summed E-state index contributed by atoms with van der Waals surface area (Å²) in [5, 5.41) is 6.08. The molecular weight excluding hydrogens is 366 g/mol. The number of ether oxygens (including phenoxy) is 2. The third kappa shape index (κ3) is 5.72. The summed E-state index contributed by atoms with van der Waals surface area (Å²) >= 11 is 0. The van der Waals surface area contributed by atoms with Gasteiger partial charge in [0.1, 0.15) is 17.3 Å². The maximum atomic E-state index is 12.4. The molecule has 0 atom stereocenters. The van der Waals surface area contributed by atoms with Gasteiger partial charge in [0.05, 0.1) is 24.0 Å². The molecule has 0 radical (unpaired) electrons. The Morgan fingerprint density at radius 2 is 1.79 bits per heavy atom. The maximum Gasteiger partial charge on any atom is 0.257 e. The van der Waals surface area contributed by atoms with Gasteiger partial charge < -0.3 is 20.1 Å². The van der Waals surface area contributed by atoms with Gasteiger partial charge in [-0.25, -0.2) is 4.98 Å². The first kappa shape index (κ1) is 20.2. The highest BCUT2D eigenvalue weighted by molar-refractivity contribution is 6.04. The molecule has 29 heavy (non-hydrogen) atoms. The Morgan fingerprint density at radius 1 is 1.03 bits per heavy atom. The molecule has 0 fully saturated rings. The van der Waals surface area contributed by atoms with Crippen LogP contribution in [0.1, 0.15) is 31.1 Å². The number of para-hydroxylation sites is 2. The number of benzene rings is 2. The molecule has 0 bridgehead atoms. The number of nitrogens with zero attached hydrogens (tertiary/aromatic N) is 1. The van der Waals surface area contributed by atoms with Crippen LogP contribution in [0.5, 0.6) is 11.5 Å². The van der Waals surface area contributed by atoms with E-state index in [9.17, 15) is 4.79 Å². The molecule has 1 aromatic heterocycles. The van der Waals surface area contributed by atoms with Gasteiger partial charge in [0.2, 0.25) is 0 Å². The molecule has 3 rings (SSSR count). The van der Waals surface area contributed by atoms with Crippen LogP contribution in [0.25, 0.3) is 0 Å². The van der Waals surface area contributed by atoms with E-state index in [0.29, 0.717) is 23.7 Å². The second-order valence-electron chi connectivity index (χ2n) is 6.63. The Morgan fingerprint density at radius 3 is 2.45 bits per heavy atom. The van der Waals surface area contributed by atoms with Crippen LogP contribution in [0.4, 0.5) is 17.2 Å². The van der Waals surface area contributed by atoms with Crippen molar-refractivity contribution in [3.8, 4) is 11.5 Å². The number of rotatable bonds is 8. The lowest BCUT2D eigenvalue weighted by Gasteiger charge is -2.15. The number of pyridine rings is 1. The molecule has 6 nitrogen and oxygen atoms in total. The fraction of sp³-hybridized carbons (Fsp3) is 0.217. The molecule has 150 valence electrons. The highest BCUT2D eigenvalue weighted by atomic mass is 16.5. The first-order chi connectivity index (χ1) is 14.0. The van der Waals surface area contributed by atoms with Crippen LogP contribution in [0, 0.1) is 0 Å². The Labute approximate surface area is 170 Å². The second kappa shape index (κ2) is 9.59. The summed E-state index contributed by atoms with van der Waals surface area (Å²) in [6, 6.07) is 18.4. The third-order valence-corrected chi connectivity index (χ3v) is 3.96. The van der Waals surface area contributed by atoms with Crippen LogP contribution >= 0.6 is 0 Å². The number of hydrogen-bond donors (Lipinski definition) is 2. The first-order valence-electron chi connectivity index (χ1n) is 9.58. The normalized spacial score (nSPS) is 10.5. The quantitative estimate of drug-likeness (QED) is 0.548. The van der Waals surface area contributed by atoms with Crippen LogP contribution in [0.3, 0.4) is 0 Å². The number of aromatic nitrogens is 1. The van der Waals surface area contributed by atoms with Gasteiger partial charge in [0.15, 0.2) is 0 Å². The van der Waals surface area contributed by atoms with Crippen molar-refractivity contribution in [1.29, 1.82) is 0 Å². The fourth-order valence-electron chi connectivity index (χ4n) is 2.67. The number of carbonyl (C=O) groups is 1. The Kier molecular flexibility index (Phi) is 6.68. The van der Waals surface area contributed by atoms with Crippen molar-refractivity contribution in [3.63, 3.8) is 0 Å². The molecule has 0 saturated heterocycles. The van der Waals surface area contributed by atoms with Crippen molar-refractivity contribution in [1.82, 2.24) is 4.98 Å². The lowest BCUT2D eigenvalue weighted by Crippen LogP contribution is -2.12. The van der Waals surface area contributed by atoms with Crippen molar-refractivity contribution >= 4 is 23.1 Å². The van der Waals surface area contributed by atoms with Gasteiger partial charge >= 0.3 is 0 Å². The summed E-state index contributed by atoms with van der Waals surface area (Å²) in [4.78, 5) is 16.8. The molecular formula is C23H25N3O3. The molecule has 0 spiro atoms. The van der Waals surface area contributed by atoms with E-state index in [1.165, 1.54) is 6.20 Å². The zero-order valence-corrected chi connectivity index (χ0v) is 16.8. The Bertz CT molecular complexity index is 938. The predicted molar refractivity (Wildman–Crippen MR) is 115 cm³/mol. The van der Waals surface area contributed by atoms with E-state index in [-0.39, 0.29) is 12.0 Å². The van der Waals surface area contributed by atoms with Gasteiger partial charge in [-0.15, -0.1) is 0 Å². The first-order valence-corrected chi connectivity index (χ1v) is 9.58. The average molecular weight is 391 g/mol. The van der Waals surface area contributed by atoms with Crippen LogP contribution in [-0.2, 0) is 0 Å². The van der Waals surface area contributed by atoms with E-state index in [2.05, 4.69) is 15.6 Å². The molecule has 2 N–H and O–H groups in total. The summed E-state index contributed by atoms with van der Waals surface area (Å²) < 4.78 is 11.2. The van der Waals surface area contributed by atoms with Crippen molar-refractivity contribution < 1.29 is 14.3 Å². The molecule has 3 aromatic rings. The van der Waals surface area contributed by atoms with E-state index < -0.39 is 0 Å². The third-order valence-electron chi connectivity index (χ3n) is 3.96. The highest BCUT2D eigenvalue weighted by Crippen LogP contribution is 2.27. The Hall–Kier alpha value is -3.54. The molecule has 2 aromatic carbocycles. The van der Waals surface area contributed by atoms with E-state index in [4.69, 9.17) is 9.47 Å². The number of nitrogens with one attached hydrogen (secondary N) is 2. The number of carbonyl (C=O) groups excluding carboxylic acids is 1. The van der Waals surface area contributed by atoms with E-state index in [0.717, 1.165) is 17.2 Å². The van der Waals surface area contributed by atoms with Gasteiger partial charge in [0, 0.05) is 11.9 Å². The largest absolute Gasteiger partial charge is 0.494 e. The fourth-order valence-corrected chi connectivity index (χ4v) is 2.67. The molecule has 0 aliphatic carbocycles. The van der Waals surface area contributed by atoms with E-state index >= 15 is 0 Å². The van der Waals surface area contributed by atoms with Crippen LogP contribution in [0.2, 0.25) is 0 Å². The summed E-state index contributed by atoms with van der Waals surface area (Å²) in [7, 11) is 0. The summed E-state index contributed by atoms with van der Waals surface area (Å²) in [5.41, 5.74) is 1.98. The Balaban J connectivity index is 1.65. The summed E-state index contributed by atoms with van der Waals surface area (Å²) in [5.74, 6) is 1.92. The monoisotopic (exact) mass is 391 g/mol. The highest BCUT2D eigenvalue weighted by Gasteiger charge is 2.09.